The molecule has 1 saturated heterocycles. The lowest BCUT2D eigenvalue weighted by atomic mass is 10.0. The van der Waals surface area contributed by atoms with Gasteiger partial charge < -0.3 is 4.90 Å². The van der Waals surface area contributed by atoms with Gasteiger partial charge in [0, 0.05) is 11.4 Å². The van der Waals surface area contributed by atoms with Crippen molar-refractivity contribution in [3.8, 4) is 11.1 Å². The van der Waals surface area contributed by atoms with Crippen LogP contribution in [-0.4, -0.2) is 16.8 Å². The highest BCUT2D eigenvalue weighted by Gasteiger charge is 2.33. The number of hydrogen-bond donors (Lipinski definition) is 0. The minimum absolute atomic E-state index is 0.0713. The molecule has 2 aliphatic heterocycles. The highest BCUT2D eigenvalue weighted by molar-refractivity contribution is 8.27. The van der Waals surface area contributed by atoms with E-state index in [1.807, 2.05) is 48.6 Å². The van der Waals surface area contributed by atoms with Gasteiger partial charge in [-0.25, -0.2) is 0 Å². The van der Waals surface area contributed by atoms with E-state index < -0.39 is 0 Å². The summed E-state index contributed by atoms with van der Waals surface area (Å²) in [4.78, 5) is 18.8. The van der Waals surface area contributed by atoms with Gasteiger partial charge in [-0.1, -0.05) is 90.3 Å². The number of fused-ring (bicyclic) bond motifs is 1. The van der Waals surface area contributed by atoms with Gasteiger partial charge in [0.15, 0.2) is 4.32 Å². The van der Waals surface area contributed by atoms with E-state index in [2.05, 4.69) is 54.3 Å². The molecule has 0 spiro atoms. The number of para-hydroxylation sites is 1. The van der Waals surface area contributed by atoms with Crippen LogP contribution < -0.4 is 9.80 Å². The number of amides is 1. The zero-order chi connectivity index (χ0) is 22.1. The maximum atomic E-state index is 13.0. The smallest absolute Gasteiger partial charge is 0.270 e. The van der Waals surface area contributed by atoms with Gasteiger partial charge in [-0.05, 0) is 54.5 Å². The van der Waals surface area contributed by atoms with E-state index in [4.69, 9.17) is 12.2 Å². The molecule has 0 bridgehead atoms. The van der Waals surface area contributed by atoms with Crippen LogP contribution in [0.1, 0.15) is 6.92 Å². The van der Waals surface area contributed by atoms with Crippen molar-refractivity contribution in [3.63, 3.8) is 0 Å². The molecule has 0 aromatic heterocycles. The monoisotopic (exact) mass is 472 g/mol. The van der Waals surface area contributed by atoms with Gasteiger partial charge in [0.25, 0.3) is 5.91 Å². The number of carbonyl (C=O) groups excluding carboxylic acids is 1. The summed E-state index contributed by atoms with van der Waals surface area (Å²) in [7, 11) is 0. The predicted molar refractivity (Wildman–Crippen MR) is 141 cm³/mol. The minimum Gasteiger partial charge on any atom is -0.335 e. The third-order valence-electron chi connectivity index (χ3n) is 5.34. The number of nitrogens with zero attached hydrogens (tertiary/aromatic N) is 2. The van der Waals surface area contributed by atoms with Gasteiger partial charge in [0.05, 0.1) is 21.3 Å². The molecule has 0 saturated carbocycles. The van der Waals surface area contributed by atoms with Crippen LogP contribution in [0.25, 0.3) is 11.1 Å². The number of thiocarbonyl (C=S) groups is 1. The van der Waals surface area contributed by atoms with E-state index in [0.717, 1.165) is 17.3 Å². The lowest BCUT2D eigenvalue weighted by Gasteiger charge is -2.18. The Bertz CT molecular complexity index is 1250. The second kappa shape index (κ2) is 8.98. The Hall–Kier alpha value is -2.80. The van der Waals surface area contributed by atoms with Crippen LogP contribution in [0.3, 0.4) is 0 Å². The van der Waals surface area contributed by atoms with Crippen LogP contribution in [0.15, 0.2) is 106 Å². The molecule has 0 unspecified atom stereocenters. The van der Waals surface area contributed by atoms with Gasteiger partial charge >= 0.3 is 0 Å². The van der Waals surface area contributed by atoms with E-state index in [1.54, 1.807) is 16.7 Å². The number of hydrogen-bond acceptors (Lipinski definition) is 5. The molecule has 158 valence electrons. The molecule has 0 atom stereocenters. The van der Waals surface area contributed by atoms with Crippen molar-refractivity contribution in [2.45, 2.75) is 11.8 Å². The molecular weight excluding hydrogens is 453 g/mol. The topological polar surface area (TPSA) is 23.6 Å². The Morgan fingerprint density at radius 2 is 1.59 bits per heavy atom. The van der Waals surface area contributed by atoms with Gasteiger partial charge in [0.2, 0.25) is 0 Å². The van der Waals surface area contributed by atoms with Crippen LogP contribution in [0.4, 0.5) is 11.4 Å². The van der Waals surface area contributed by atoms with Crippen LogP contribution in [0, 0.1) is 0 Å². The van der Waals surface area contributed by atoms with Crippen molar-refractivity contribution in [2.75, 3.05) is 16.3 Å². The first kappa shape index (κ1) is 21.1. The molecule has 0 radical (unpaired) electrons. The van der Waals surface area contributed by atoms with Crippen molar-refractivity contribution < 1.29 is 4.79 Å². The molecule has 5 rings (SSSR count). The second-order valence-electron chi connectivity index (χ2n) is 7.27. The summed E-state index contributed by atoms with van der Waals surface area (Å²) in [5.74, 6) is -0.0713. The minimum atomic E-state index is -0.0713. The number of benzene rings is 3. The van der Waals surface area contributed by atoms with Crippen LogP contribution in [-0.2, 0) is 4.79 Å². The van der Waals surface area contributed by atoms with Crippen molar-refractivity contribution in [1.29, 1.82) is 0 Å². The summed E-state index contributed by atoms with van der Waals surface area (Å²) >= 11 is 8.56. The van der Waals surface area contributed by atoms with E-state index in [9.17, 15) is 4.79 Å². The standard InChI is InChI=1S/C26H20N2OS3/c1-2-27-21-17-19(18-9-5-3-6-10-18)13-14-22(21)31-24(27)16-15-23-25(29)28(26(30)32-23)20-11-7-4-8-12-20/h3-17H,2H2,1H3/b23-15+,24-16+. The predicted octanol–water partition coefficient (Wildman–Crippen LogP) is 7.08. The Labute approximate surface area is 201 Å². The molecule has 1 fully saturated rings. The number of rotatable bonds is 4. The largest absolute Gasteiger partial charge is 0.335 e. The highest BCUT2D eigenvalue weighted by atomic mass is 32.2. The Kier molecular flexibility index (Phi) is 5.91. The van der Waals surface area contributed by atoms with Gasteiger partial charge in [-0.3, -0.25) is 9.69 Å². The second-order valence-corrected chi connectivity index (χ2v) is 10.0. The van der Waals surface area contributed by atoms with Crippen LogP contribution in [0.2, 0.25) is 0 Å². The number of anilines is 2. The Morgan fingerprint density at radius 3 is 2.31 bits per heavy atom. The molecule has 2 heterocycles. The zero-order valence-corrected chi connectivity index (χ0v) is 19.8. The van der Waals surface area contributed by atoms with Crippen LogP contribution >= 0.6 is 35.7 Å². The molecule has 3 aromatic carbocycles. The maximum Gasteiger partial charge on any atom is 0.270 e. The summed E-state index contributed by atoms with van der Waals surface area (Å²) < 4.78 is 0.563. The summed E-state index contributed by atoms with van der Waals surface area (Å²) in [6, 6.07) is 26.6. The molecule has 32 heavy (non-hydrogen) atoms. The molecule has 2 aliphatic rings. The molecule has 3 nitrogen and oxygen atoms in total. The highest BCUT2D eigenvalue weighted by Crippen LogP contribution is 2.47. The fourth-order valence-corrected chi connectivity index (χ4v) is 6.14. The number of allylic oxidation sites excluding steroid dienone is 2. The molecule has 0 N–H and O–H groups in total. The lowest BCUT2D eigenvalue weighted by Crippen LogP contribution is -2.27. The van der Waals surface area contributed by atoms with Crippen molar-refractivity contribution in [3.05, 3.63) is 101 Å². The average Bonchev–Trinajstić information content (AvgIpc) is 3.33. The SMILES string of the molecule is CCN1/C(=C\C=C2\SC(=S)N(c3ccccc3)C2=O)Sc2ccc(-c3ccccc3)cc21. The van der Waals surface area contributed by atoms with E-state index in [0.29, 0.717) is 9.23 Å². The van der Waals surface area contributed by atoms with Gasteiger partial charge in [-0.15, -0.1) is 0 Å². The third kappa shape index (κ3) is 3.90. The normalized spacial score (nSPS) is 18.2. The van der Waals surface area contributed by atoms with E-state index in [1.165, 1.54) is 33.5 Å². The number of carbonyl (C=O) groups is 1. The molecule has 1 amide bonds. The fraction of sp³-hybridized carbons (Fsp3) is 0.0769. The molecular formula is C26H20N2OS3. The Balaban J connectivity index is 1.42. The maximum absolute atomic E-state index is 13.0. The summed E-state index contributed by atoms with van der Waals surface area (Å²) in [6.07, 6.45) is 3.94. The first-order valence-corrected chi connectivity index (χ1v) is 12.4. The van der Waals surface area contributed by atoms with Crippen LogP contribution in [0.5, 0.6) is 0 Å². The number of thioether (sulfide) groups is 2. The quantitative estimate of drug-likeness (QED) is 0.298. The third-order valence-corrected chi connectivity index (χ3v) is 7.79. The summed E-state index contributed by atoms with van der Waals surface area (Å²) in [5, 5.41) is 1.11. The van der Waals surface area contributed by atoms with E-state index >= 15 is 0 Å². The van der Waals surface area contributed by atoms with Crippen molar-refractivity contribution in [1.82, 2.24) is 0 Å². The summed E-state index contributed by atoms with van der Waals surface area (Å²) in [5.41, 5.74) is 4.42. The van der Waals surface area contributed by atoms with Gasteiger partial charge in [0.1, 0.15) is 0 Å². The summed E-state index contributed by atoms with van der Waals surface area (Å²) in [6.45, 7) is 3.00. The molecule has 0 aliphatic carbocycles. The molecule has 6 heteroatoms. The van der Waals surface area contributed by atoms with Gasteiger partial charge in [-0.2, -0.15) is 0 Å². The first-order valence-electron chi connectivity index (χ1n) is 10.3. The average molecular weight is 473 g/mol. The first-order chi connectivity index (χ1) is 15.7. The zero-order valence-electron chi connectivity index (χ0n) is 17.4. The fourth-order valence-electron chi connectivity index (χ4n) is 3.79. The van der Waals surface area contributed by atoms with Crippen molar-refractivity contribution in [2.24, 2.45) is 0 Å². The molecule has 3 aromatic rings. The van der Waals surface area contributed by atoms with E-state index in [-0.39, 0.29) is 5.91 Å². The Morgan fingerprint density at radius 1 is 0.875 bits per heavy atom. The lowest BCUT2D eigenvalue weighted by molar-refractivity contribution is -0.113. The van der Waals surface area contributed by atoms with Crippen molar-refractivity contribution >= 4 is 57.3 Å².